The fourth-order valence-corrected chi connectivity index (χ4v) is 2.54. The Hall–Kier alpha value is -2.60. The van der Waals surface area contributed by atoms with Crippen molar-refractivity contribution in [2.75, 3.05) is 13.7 Å². The molecule has 2 atom stereocenters. The number of halogens is 1. The van der Waals surface area contributed by atoms with Crippen LogP contribution in [0.3, 0.4) is 0 Å². The molecule has 2 unspecified atom stereocenters. The molecule has 2 rings (SSSR count). The van der Waals surface area contributed by atoms with Crippen LogP contribution in [0, 0.1) is 12.7 Å². The Morgan fingerprint density at radius 1 is 1.28 bits per heavy atom. The molecule has 5 nitrogen and oxygen atoms in total. The van der Waals surface area contributed by atoms with Gasteiger partial charge in [-0.1, -0.05) is 30.3 Å². The molecule has 0 aliphatic rings. The quantitative estimate of drug-likeness (QED) is 0.752. The summed E-state index contributed by atoms with van der Waals surface area (Å²) < 4.78 is 18.6. The third-order valence-corrected chi connectivity index (χ3v) is 4.03. The Balaban J connectivity index is 1.89. The van der Waals surface area contributed by atoms with Crippen molar-refractivity contribution in [2.45, 2.75) is 26.0 Å². The van der Waals surface area contributed by atoms with Crippen molar-refractivity contribution in [1.29, 1.82) is 0 Å². The van der Waals surface area contributed by atoms with Crippen molar-refractivity contribution in [3.63, 3.8) is 0 Å². The third kappa shape index (κ3) is 4.93. The summed E-state index contributed by atoms with van der Waals surface area (Å²) >= 11 is 0. The molecule has 3 N–H and O–H groups in total. The van der Waals surface area contributed by atoms with Gasteiger partial charge in [0.05, 0.1) is 19.3 Å². The molecular weight excluding hydrogens is 323 g/mol. The number of methoxy groups -OCH3 is 1. The van der Waals surface area contributed by atoms with Gasteiger partial charge in [0.15, 0.2) is 11.6 Å². The molecule has 134 valence electrons. The Bertz CT molecular complexity index is 736. The second-order valence-electron chi connectivity index (χ2n) is 5.84. The van der Waals surface area contributed by atoms with Crippen LogP contribution in [0.15, 0.2) is 42.5 Å². The Morgan fingerprint density at radius 3 is 2.64 bits per heavy atom. The van der Waals surface area contributed by atoms with Gasteiger partial charge in [0.25, 0.3) is 0 Å². The fourth-order valence-electron chi connectivity index (χ4n) is 2.54. The standard InChI is InChI=1S/C19H23FN2O3/c1-12-6-4-5-7-15(12)17(23)11-21-19(24)22-13(2)14-8-9-18(25-3)16(20)10-14/h4-10,13,17,23H,11H2,1-3H3,(H2,21,22,24). The maximum atomic E-state index is 13.7. The number of rotatable bonds is 6. The number of hydrogen-bond acceptors (Lipinski definition) is 3. The van der Waals surface area contributed by atoms with Gasteiger partial charge in [-0.05, 0) is 42.7 Å². The first-order valence-corrected chi connectivity index (χ1v) is 8.03. The van der Waals surface area contributed by atoms with Crippen LogP contribution in [-0.2, 0) is 0 Å². The summed E-state index contributed by atoms with van der Waals surface area (Å²) in [5.74, 6) is -0.328. The van der Waals surface area contributed by atoms with Gasteiger partial charge in [-0.15, -0.1) is 0 Å². The number of hydrogen-bond donors (Lipinski definition) is 3. The summed E-state index contributed by atoms with van der Waals surface area (Å²) in [6.45, 7) is 3.73. The van der Waals surface area contributed by atoms with E-state index < -0.39 is 24.0 Å². The predicted octanol–water partition coefficient (Wildman–Crippen LogP) is 3.24. The molecule has 0 aliphatic carbocycles. The molecule has 2 amide bonds. The molecule has 2 aromatic rings. The minimum atomic E-state index is -0.791. The molecule has 0 saturated carbocycles. The van der Waals surface area contributed by atoms with E-state index in [1.807, 2.05) is 31.2 Å². The number of aliphatic hydroxyl groups is 1. The maximum Gasteiger partial charge on any atom is 0.315 e. The fraction of sp³-hybridized carbons (Fsp3) is 0.316. The zero-order chi connectivity index (χ0) is 18.4. The Labute approximate surface area is 146 Å². The summed E-state index contributed by atoms with van der Waals surface area (Å²) in [6.07, 6.45) is -0.791. The molecule has 0 radical (unpaired) electrons. The SMILES string of the molecule is COc1ccc(C(C)NC(=O)NCC(O)c2ccccc2C)cc1F. The predicted molar refractivity (Wildman–Crippen MR) is 94.0 cm³/mol. The number of urea groups is 1. The zero-order valence-corrected chi connectivity index (χ0v) is 14.5. The van der Waals surface area contributed by atoms with Gasteiger partial charge in [-0.25, -0.2) is 9.18 Å². The van der Waals surface area contributed by atoms with Crippen LogP contribution in [0.5, 0.6) is 5.75 Å². The van der Waals surface area contributed by atoms with Crippen molar-refractivity contribution in [2.24, 2.45) is 0 Å². The van der Waals surface area contributed by atoms with E-state index in [0.29, 0.717) is 5.56 Å². The smallest absolute Gasteiger partial charge is 0.315 e. The van der Waals surface area contributed by atoms with E-state index in [4.69, 9.17) is 4.74 Å². The number of nitrogens with one attached hydrogen (secondary N) is 2. The van der Waals surface area contributed by atoms with E-state index >= 15 is 0 Å². The molecular formula is C19H23FN2O3. The Kier molecular flexibility index (Phi) is 6.36. The van der Waals surface area contributed by atoms with Crippen molar-refractivity contribution in [1.82, 2.24) is 10.6 Å². The van der Waals surface area contributed by atoms with Gasteiger partial charge >= 0.3 is 6.03 Å². The van der Waals surface area contributed by atoms with Crippen LogP contribution in [0.4, 0.5) is 9.18 Å². The van der Waals surface area contributed by atoms with Crippen LogP contribution in [-0.4, -0.2) is 24.8 Å². The van der Waals surface area contributed by atoms with E-state index in [0.717, 1.165) is 11.1 Å². The van der Waals surface area contributed by atoms with Crippen LogP contribution < -0.4 is 15.4 Å². The minimum Gasteiger partial charge on any atom is -0.494 e. The molecule has 0 saturated heterocycles. The highest BCUT2D eigenvalue weighted by Crippen LogP contribution is 2.21. The average molecular weight is 346 g/mol. The molecule has 6 heteroatoms. The van der Waals surface area contributed by atoms with Crippen LogP contribution in [0.2, 0.25) is 0 Å². The lowest BCUT2D eigenvalue weighted by Gasteiger charge is -2.18. The Morgan fingerprint density at radius 2 is 2.00 bits per heavy atom. The first kappa shape index (κ1) is 18.7. The lowest BCUT2D eigenvalue weighted by Crippen LogP contribution is -2.39. The molecule has 0 aliphatic heterocycles. The second-order valence-corrected chi connectivity index (χ2v) is 5.84. The van der Waals surface area contributed by atoms with E-state index in [2.05, 4.69) is 10.6 Å². The van der Waals surface area contributed by atoms with Gasteiger partial charge in [0.2, 0.25) is 0 Å². The van der Waals surface area contributed by atoms with E-state index in [9.17, 15) is 14.3 Å². The molecule has 0 heterocycles. The number of aryl methyl sites for hydroxylation is 1. The third-order valence-electron chi connectivity index (χ3n) is 4.03. The molecule has 2 aromatic carbocycles. The first-order valence-electron chi connectivity index (χ1n) is 8.03. The highest BCUT2D eigenvalue weighted by atomic mass is 19.1. The maximum absolute atomic E-state index is 13.7. The highest BCUT2D eigenvalue weighted by molar-refractivity contribution is 5.74. The van der Waals surface area contributed by atoms with Gasteiger partial charge in [-0.3, -0.25) is 0 Å². The number of amides is 2. The van der Waals surface area contributed by atoms with Crippen molar-refractivity contribution < 1.29 is 19.0 Å². The van der Waals surface area contributed by atoms with Crippen molar-refractivity contribution in [3.05, 3.63) is 65.0 Å². The molecule has 0 fully saturated rings. The number of carbonyl (C=O) groups is 1. The molecule has 0 aromatic heterocycles. The number of aliphatic hydroxyl groups excluding tert-OH is 1. The van der Waals surface area contributed by atoms with Crippen LogP contribution in [0.25, 0.3) is 0 Å². The summed E-state index contributed by atoms with van der Waals surface area (Å²) in [7, 11) is 1.40. The van der Waals surface area contributed by atoms with Gasteiger partial charge < -0.3 is 20.5 Å². The minimum absolute atomic E-state index is 0.0837. The zero-order valence-electron chi connectivity index (χ0n) is 14.5. The first-order chi connectivity index (χ1) is 11.9. The van der Waals surface area contributed by atoms with Crippen molar-refractivity contribution in [3.8, 4) is 5.75 Å². The summed E-state index contributed by atoms with van der Waals surface area (Å²) in [5.41, 5.74) is 2.35. The monoisotopic (exact) mass is 346 g/mol. The lowest BCUT2D eigenvalue weighted by molar-refractivity contribution is 0.172. The van der Waals surface area contributed by atoms with Crippen LogP contribution >= 0.6 is 0 Å². The van der Waals surface area contributed by atoms with E-state index in [1.54, 1.807) is 13.0 Å². The molecule has 25 heavy (non-hydrogen) atoms. The number of benzene rings is 2. The molecule has 0 spiro atoms. The van der Waals surface area contributed by atoms with Gasteiger partial charge in [0.1, 0.15) is 0 Å². The largest absolute Gasteiger partial charge is 0.494 e. The lowest BCUT2D eigenvalue weighted by atomic mass is 10.0. The van der Waals surface area contributed by atoms with E-state index in [-0.39, 0.29) is 12.3 Å². The normalized spacial score (nSPS) is 13.0. The number of carbonyl (C=O) groups excluding carboxylic acids is 1. The summed E-state index contributed by atoms with van der Waals surface area (Å²) in [4.78, 5) is 12.0. The summed E-state index contributed by atoms with van der Waals surface area (Å²) in [5, 5.41) is 15.5. The second kappa shape index (κ2) is 8.48. The van der Waals surface area contributed by atoms with Gasteiger partial charge in [-0.2, -0.15) is 0 Å². The van der Waals surface area contributed by atoms with Gasteiger partial charge in [0, 0.05) is 6.54 Å². The number of ether oxygens (including phenoxy) is 1. The van der Waals surface area contributed by atoms with E-state index in [1.165, 1.54) is 19.2 Å². The summed E-state index contributed by atoms with van der Waals surface area (Å²) in [6, 6.07) is 11.2. The average Bonchev–Trinajstić information content (AvgIpc) is 2.60. The molecule has 0 bridgehead atoms. The topological polar surface area (TPSA) is 70.6 Å². The van der Waals surface area contributed by atoms with Crippen LogP contribution in [0.1, 0.15) is 35.8 Å². The van der Waals surface area contributed by atoms with Crippen molar-refractivity contribution >= 4 is 6.03 Å². The highest BCUT2D eigenvalue weighted by Gasteiger charge is 2.14.